The molecule has 92 valence electrons. The largest absolute Gasteiger partial charge is 0.365 e. The zero-order valence-corrected chi connectivity index (χ0v) is 10.9. The number of halogens is 1. The normalized spacial score (nSPS) is 10.8. The van der Waals surface area contributed by atoms with Crippen LogP contribution >= 0.6 is 23.7 Å². The Morgan fingerprint density at radius 2 is 2.25 bits per heavy atom. The quantitative estimate of drug-likeness (QED) is 0.779. The van der Waals surface area contributed by atoms with Crippen molar-refractivity contribution < 1.29 is 13.2 Å². The third-order valence-electron chi connectivity index (χ3n) is 1.50. The lowest BCUT2D eigenvalue weighted by Crippen LogP contribution is -2.24. The molecule has 9 heteroatoms. The van der Waals surface area contributed by atoms with Gasteiger partial charge in [0.15, 0.2) is 0 Å². The van der Waals surface area contributed by atoms with Crippen molar-refractivity contribution in [1.29, 1.82) is 0 Å². The van der Waals surface area contributed by atoms with Gasteiger partial charge in [-0.15, -0.1) is 23.7 Å². The van der Waals surface area contributed by atoms with Gasteiger partial charge in [-0.05, 0) is 0 Å². The van der Waals surface area contributed by atoms with Gasteiger partial charge in [-0.3, -0.25) is 4.79 Å². The van der Waals surface area contributed by atoms with Gasteiger partial charge in [0.05, 0.1) is 17.5 Å². The maximum atomic E-state index is 10.7. The maximum absolute atomic E-state index is 10.7. The highest BCUT2D eigenvalue weighted by molar-refractivity contribution is 7.88. The molecule has 1 aromatic rings. The van der Waals surface area contributed by atoms with E-state index in [1.165, 1.54) is 17.5 Å². The van der Waals surface area contributed by atoms with Gasteiger partial charge >= 0.3 is 0 Å². The third kappa shape index (κ3) is 5.40. The molecule has 0 bridgehead atoms. The first-order chi connectivity index (χ1) is 6.88. The molecule has 0 spiro atoms. The van der Waals surface area contributed by atoms with E-state index >= 15 is 0 Å². The Morgan fingerprint density at radius 1 is 1.62 bits per heavy atom. The summed E-state index contributed by atoms with van der Waals surface area (Å²) in [6.07, 6.45) is 2.93. The average Bonchev–Trinajstić information content (AvgIpc) is 2.50. The van der Waals surface area contributed by atoms with Crippen LogP contribution in [0.2, 0.25) is 0 Å². The van der Waals surface area contributed by atoms with Crippen LogP contribution in [0.5, 0.6) is 0 Å². The Labute approximate surface area is 104 Å². The van der Waals surface area contributed by atoms with E-state index in [0.717, 1.165) is 6.26 Å². The molecule has 0 aliphatic rings. The van der Waals surface area contributed by atoms with Gasteiger partial charge < -0.3 is 5.73 Å². The summed E-state index contributed by atoms with van der Waals surface area (Å²) in [5.74, 6) is -0.519. The molecule has 0 atom stereocenters. The first-order valence-electron chi connectivity index (χ1n) is 4.07. The predicted molar refractivity (Wildman–Crippen MR) is 64.4 cm³/mol. The van der Waals surface area contributed by atoms with Crippen LogP contribution in [0.15, 0.2) is 6.20 Å². The second kappa shape index (κ2) is 6.14. The van der Waals surface area contributed by atoms with Crippen molar-refractivity contribution >= 4 is 39.7 Å². The minimum atomic E-state index is -3.17. The van der Waals surface area contributed by atoms with Crippen LogP contribution in [0, 0.1) is 0 Å². The Bertz CT molecular complexity index is 457. The molecule has 1 aromatic heterocycles. The van der Waals surface area contributed by atoms with E-state index in [4.69, 9.17) is 5.73 Å². The molecule has 1 rings (SSSR count). The second-order valence-corrected chi connectivity index (χ2v) is 5.85. The summed E-state index contributed by atoms with van der Waals surface area (Å²) in [6, 6.07) is 0. The topological polar surface area (TPSA) is 102 Å². The fourth-order valence-corrected chi connectivity index (χ4v) is 2.13. The number of nitrogens with zero attached hydrogens (tertiary/aromatic N) is 1. The number of thiazole rings is 1. The number of amides is 1. The number of primary amides is 1. The lowest BCUT2D eigenvalue weighted by Gasteiger charge is -1.98. The molecule has 0 aromatic carbocycles. The fraction of sp³-hybridized carbons (Fsp3) is 0.429. The van der Waals surface area contributed by atoms with Crippen molar-refractivity contribution in [3.8, 4) is 0 Å². The van der Waals surface area contributed by atoms with Crippen molar-refractivity contribution in [2.75, 3.05) is 12.8 Å². The van der Waals surface area contributed by atoms with Gasteiger partial charge in [-0.25, -0.2) is 18.1 Å². The number of sulfonamides is 1. The summed E-state index contributed by atoms with van der Waals surface area (Å²) in [6.45, 7) is 0.268. The fourth-order valence-electron chi connectivity index (χ4n) is 0.883. The standard InChI is InChI=1S/C7H11N3O3S2.ClH/c1-15(12,13)10-3-2-6-9-4-5(14-6)7(8)11;/h4,10H,2-3H2,1H3,(H2,8,11);1H. The molecule has 0 aliphatic carbocycles. The van der Waals surface area contributed by atoms with E-state index in [2.05, 4.69) is 9.71 Å². The zero-order valence-electron chi connectivity index (χ0n) is 8.47. The smallest absolute Gasteiger partial charge is 0.260 e. The minimum absolute atomic E-state index is 0. The highest BCUT2D eigenvalue weighted by atomic mass is 35.5. The molecule has 0 saturated carbocycles. The van der Waals surface area contributed by atoms with Crippen molar-refractivity contribution in [3.05, 3.63) is 16.1 Å². The SMILES string of the molecule is CS(=O)(=O)NCCc1ncc(C(N)=O)s1.Cl. The number of nitrogens with two attached hydrogens (primary N) is 1. The molecule has 1 amide bonds. The van der Waals surface area contributed by atoms with E-state index in [-0.39, 0.29) is 19.0 Å². The van der Waals surface area contributed by atoms with Crippen LogP contribution in [0.3, 0.4) is 0 Å². The second-order valence-electron chi connectivity index (χ2n) is 2.90. The monoisotopic (exact) mass is 285 g/mol. The predicted octanol–water partition coefficient (Wildman–Crippen LogP) is -0.245. The van der Waals surface area contributed by atoms with Gasteiger partial charge in [0.2, 0.25) is 10.0 Å². The van der Waals surface area contributed by atoms with Crippen LogP contribution in [0.25, 0.3) is 0 Å². The lowest BCUT2D eigenvalue weighted by atomic mass is 10.5. The molecule has 1 heterocycles. The molecule has 0 aliphatic heterocycles. The molecule has 0 radical (unpaired) electrons. The van der Waals surface area contributed by atoms with Gasteiger partial charge in [0, 0.05) is 13.0 Å². The molecule has 0 unspecified atom stereocenters. The number of hydrogen-bond acceptors (Lipinski definition) is 5. The average molecular weight is 286 g/mol. The van der Waals surface area contributed by atoms with Crippen molar-refractivity contribution in [1.82, 2.24) is 9.71 Å². The maximum Gasteiger partial charge on any atom is 0.260 e. The lowest BCUT2D eigenvalue weighted by molar-refractivity contribution is 0.100. The Morgan fingerprint density at radius 3 is 2.69 bits per heavy atom. The van der Waals surface area contributed by atoms with E-state index in [9.17, 15) is 13.2 Å². The Balaban J connectivity index is 0.00000225. The number of hydrogen-bond donors (Lipinski definition) is 2. The first kappa shape index (κ1) is 15.3. The molecule has 0 fully saturated rings. The van der Waals surface area contributed by atoms with E-state index in [1.54, 1.807) is 0 Å². The molecule has 16 heavy (non-hydrogen) atoms. The Kier molecular flexibility index (Phi) is 5.87. The summed E-state index contributed by atoms with van der Waals surface area (Å²) in [5.41, 5.74) is 5.04. The molecule has 0 saturated heterocycles. The van der Waals surface area contributed by atoms with Crippen LogP contribution in [0.4, 0.5) is 0 Å². The summed E-state index contributed by atoms with van der Waals surface area (Å²) in [4.78, 5) is 15.0. The van der Waals surface area contributed by atoms with Crippen molar-refractivity contribution in [2.24, 2.45) is 5.73 Å². The van der Waals surface area contributed by atoms with Crippen LogP contribution in [-0.2, 0) is 16.4 Å². The summed E-state index contributed by atoms with van der Waals surface area (Å²) >= 11 is 1.17. The first-order valence-corrected chi connectivity index (χ1v) is 6.78. The van der Waals surface area contributed by atoms with Gasteiger partial charge in [-0.2, -0.15) is 0 Å². The summed E-state index contributed by atoms with van der Waals surface area (Å²) < 4.78 is 23.8. The number of carbonyl (C=O) groups is 1. The van der Waals surface area contributed by atoms with Crippen molar-refractivity contribution in [2.45, 2.75) is 6.42 Å². The third-order valence-corrected chi connectivity index (χ3v) is 3.30. The number of nitrogens with one attached hydrogen (secondary N) is 1. The zero-order chi connectivity index (χ0) is 11.5. The number of rotatable bonds is 5. The van der Waals surface area contributed by atoms with E-state index in [1.807, 2.05) is 0 Å². The number of aromatic nitrogens is 1. The highest BCUT2D eigenvalue weighted by Crippen LogP contribution is 2.12. The van der Waals surface area contributed by atoms with Crippen molar-refractivity contribution in [3.63, 3.8) is 0 Å². The van der Waals surface area contributed by atoms with Gasteiger partial charge in [-0.1, -0.05) is 0 Å². The van der Waals surface area contributed by atoms with E-state index in [0.29, 0.717) is 16.3 Å². The Hall–Kier alpha value is -0.700. The molecule has 3 N–H and O–H groups in total. The van der Waals surface area contributed by atoms with Crippen LogP contribution < -0.4 is 10.5 Å². The highest BCUT2D eigenvalue weighted by Gasteiger charge is 2.07. The van der Waals surface area contributed by atoms with Gasteiger partial charge in [0.1, 0.15) is 4.88 Å². The summed E-state index contributed by atoms with van der Waals surface area (Å²) in [5, 5.41) is 0.681. The van der Waals surface area contributed by atoms with Gasteiger partial charge in [0.25, 0.3) is 5.91 Å². The minimum Gasteiger partial charge on any atom is -0.365 e. The molecular formula is C7H12ClN3O3S2. The van der Waals surface area contributed by atoms with Crippen LogP contribution in [-0.4, -0.2) is 32.1 Å². The van der Waals surface area contributed by atoms with Crippen LogP contribution in [0.1, 0.15) is 14.7 Å². The van der Waals surface area contributed by atoms with E-state index < -0.39 is 15.9 Å². The molecule has 6 nitrogen and oxygen atoms in total. The molecular weight excluding hydrogens is 274 g/mol. The summed E-state index contributed by atoms with van der Waals surface area (Å²) in [7, 11) is -3.17. The number of carbonyl (C=O) groups excluding carboxylic acids is 1.